The fourth-order valence-electron chi connectivity index (χ4n) is 2.37. The van der Waals surface area contributed by atoms with Crippen LogP contribution in [-0.4, -0.2) is 31.1 Å². The monoisotopic (exact) mass is 325 g/mol. The lowest BCUT2D eigenvalue weighted by Crippen LogP contribution is -2.37. The molecule has 0 amide bonds. The van der Waals surface area contributed by atoms with Crippen molar-refractivity contribution in [3.05, 3.63) is 59.8 Å². The average Bonchev–Trinajstić information content (AvgIpc) is 2.61. The summed E-state index contributed by atoms with van der Waals surface area (Å²) in [7, 11) is 1.80. The molecule has 0 saturated carbocycles. The van der Waals surface area contributed by atoms with Crippen LogP contribution in [0.15, 0.2) is 53.7 Å². The average molecular weight is 325 g/mol. The van der Waals surface area contributed by atoms with Crippen molar-refractivity contribution in [3.8, 4) is 0 Å². The zero-order chi connectivity index (χ0) is 17.0. The summed E-state index contributed by atoms with van der Waals surface area (Å²) in [6.07, 6.45) is 3.96. The van der Waals surface area contributed by atoms with Gasteiger partial charge < -0.3 is 16.0 Å². The van der Waals surface area contributed by atoms with Gasteiger partial charge in [-0.1, -0.05) is 35.9 Å². The van der Waals surface area contributed by atoms with Gasteiger partial charge in [0.1, 0.15) is 5.82 Å². The minimum absolute atomic E-state index is 0.780. The Balaban J connectivity index is 1.58. The Morgan fingerprint density at radius 3 is 2.67 bits per heavy atom. The highest BCUT2D eigenvalue weighted by molar-refractivity contribution is 5.79. The third-order valence-electron chi connectivity index (χ3n) is 3.63. The largest absolute Gasteiger partial charge is 0.370 e. The van der Waals surface area contributed by atoms with E-state index in [1.54, 1.807) is 13.2 Å². The van der Waals surface area contributed by atoms with Crippen LogP contribution in [0, 0.1) is 6.92 Å². The number of pyridine rings is 1. The summed E-state index contributed by atoms with van der Waals surface area (Å²) in [5.74, 6) is 1.77. The van der Waals surface area contributed by atoms with Crippen molar-refractivity contribution in [2.45, 2.75) is 26.3 Å². The summed E-state index contributed by atoms with van der Waals surface area (Å²) in [5.41, 5.74) is 2.54. The normalized spacial score (nSPS) is 11.2. The molecule has 0 atom stereocenters. The predicted octanol–water partition coefficient (Wildman–Crippen LogP) is 2.95. The molecule has 1 heterocycles. The van der Waals surface area contributed by atoms with Gasteiger partial charge in [-0.05, 0) is 37.5 Å². The predicted molar refractivity (Wildman–Crippen MR) is 101 cm³/mol. The topological polar surface area (TPSA) is 61.3 Å². The number of guanidine groups is 1. The van der Waals surface area contributed by atoms with Gasteiger partial charge in [0.25, 0.3) is 0 Å². The highest BCUT2D eigenvalue weighted by Crippen LogP contribution is 2.03. The molecular formula is C19H27N5. The van der Waals surface area contributed by atoms with E-state index in [9.17, 15) is 0 Å². The Morgan fingerprint density at radius 1 is 1.04 bits per heavy atom. The molecule has 2 aromatic rings. The molecule has 1 aromatic heterocycles. The van der Waals surface area contributed by atoms with Crippen molar-refractivity contribution in [1.82, 2.24) is 15.6 Å². The number of benzene rings is 1. The molecule has 1 aromatic carbocycles. The maximum Gasteiger partial charge on any atom is 0.191 e. The highest BCUT2D eigenvalue weighted by atomic mass is 15.2. The van der Waals surface area contributed by atoms with E-state index in [2.05, 4.69) is 57.1 Å². The van der Waals surface area contributed by atoms with Gasteiger partial charge in [0, 0.05) is 32.9 Å². The molecule has 0 saturated heterocycles. The zero-order valence-electron chi connectivity index (χ0n) is 14.5. The highest BCUT2D eigenvalue weighted by Gasteiger charge is 1.98. The smallest absolute Gasteiger partial charge is 0.191 e. The van der Waals surface area contributed by atoms with Gasteiger partial charge in [0.15, 0.2) is 5.96 Å². The van der Waals surface area contributed by atoms with Crippen LogP contribution in [0.3, 0.4) is 0 Å². The molecule has 0 fully saturated rings. The number of hydrogen-bond donors (Lipinski definition) is 3. The molecule has 3 N–H and O–H groups in total. The Bertz CT molecular complexity index is 625. The van der Waals surface area contributed by atoms with E-state index >= 15 is 0 Å². The first-order valence-corrected chi connectivity index (χ1v) is 8.43. The molecule has 0 unspecified atom stereocenters. The van der Waals surface area contributed by atoms with Gasteiger partial charge in [-0.25, -0.2) is 4.98 Å². The number of aliphatic imine (C=N–C) groups is 1. The van der Waals surface area contributed by atoms with Crippen LogP contribution in [0.4, 0.5) is 5.82 Å². The van der Waals surface area contributed by atoms with Crippen LogP contribution < -0.4 is 16.0 Å². The van der Waals surface area contributed by atoms with E-state index in [0.29, 0.717) is 0 Å². The second-order valence-corrected chi connectivity index (χ2v) is 5.69. The van der Waals surface area contributed by atoms with Crippen molar-refractivity contribution < 1.29 is 0 Å². The van der Waals surface area contributed by atoms with E-state index in [4.69, 9.17) is 0 Å². The van der Waals surface area contributed by atoms with Gasteiger partial charge in [-0.15, -0.1) is 0 Å². The van der Waals surface area contributed by atoms with Gasteiger partial charge in [-0.3, -0.25) is 4.99 Å². The second kappa shape index (κ2) is 10.3. The van der Waals surface area contributed by atoms with Crippen molar-refractivity contribution in [2.24, 2.45) is 4.99 Å². The molecule has 128 valence electrons. The molecule has 5 nitrogen and oxygen atoms in total. The third kappa shape index (κ3) is 6.69. The number of nitrogens with one attached hydrogen (secondary N) is 3. The zero-order valence-corrected chi connectivity index (χ0v) is 14.5. The van der Waals surface area contributed by atoms with Crippen molar-refractivity contribution in [3.63, 3.8) is 0 Å². The van der Waals surface area contributed by atoms with Crippen LogP contribution >= 0.6 is 0 Å². The molecule has 0 aliphatic rings. The summed E-state index contributed by atoms with van der Waals surface area (Å²) in [4.78, 5) is 8.50. The van der Waals surface area contributed by atoms with E-state index < -0.39 is 0 Å². The summed E-state index contributed by atoms with van der Waals surface area (Å²) in [6, 6.07) is 14.4. The summed E-state index contributed by atoms with van der Waals surface area (Å²) >= 11 is 0. The quantitative estimate of drug-likeness (QED) is 0.397. The Hall–Kier alpha value is -2.56. The minimum Gasteiger partial charge on any atom is -0.370 e. The number of unbranched alkanes of at least 4 members (excludes halogenated alkanes) is 1. The lowest BCUT2D eigenvalue weighted by molar-refractivity contribution is 0.711. The molecule has 24 heavy (non-hydrogen) atoms. The third-order valence-corrected chi connectivity index (χ3v) is 3.63. The first-order chi connectivity index (χ1) is 11.8. The lowest BCUT2D eigenvalue weighted by atomic mass is 10.1. The molecule has 0 aliphatic carbocycles. The van der Waals surface area contributed by atoms with Crippen molar-refractivity contribution in [2.75, 3.05) is 25.5 Å². The number of rotatable bonds is 8. The SMILES string of the molecule is CN=C(NCCCCNc1ccccn1)NCc1cccc(C)c1. The molecule has 0 bridgehead atoms. The minimum atomic E-state index is 0.780. The number of hydrogen-bond acceptors (Lipinski definition) is 3. The van der Waals surface area contributed by atoms with Crippen molar-refractivity contribution in [1.29, 1.82) is 0 Å². The molecule has 2 rings (SSSR count). The van der Waals surface area contributed by atoms with Gasteiger partial charge in [0.05, 0.1) is 0 Å². The number of aryl methyl sites for hydroxylation is 1. The summed E-state index contributed by atoms with van der Waals surface area (Å²) in [6.45, 7) is 4.71. The van der Waals surface area contributed by atoms with Crippen LogP contribution in [0.1, 0.15) is 24.0 Å². The molecule has 5 heteroatoms. The maximum absolute atomic E-state index is 4.26. The van der Waals surface area contributed by atoms with E-state index in [0.717, 1.165) is 44.3 Å². The standard InChI is InChI=1S/C19H27N5/c1-16-8-7-9-17(14-16)15-24-19(20-2)23-13-6-5-12-22-18-10-3-4-11-21-18/h3-4,7-11,14H,5-6,12-13,15H2,1-2H3,(H,21,22)(H2,20,23,24). The summed E-state index contributed by atoms with van der Waals surface area (Å²) in [5, 5.41) is 10.0. The molecular weight excluding hydrogens is 298 g/mol. The number of nitrogens with zero attached hydrogens (tertiary/aromatic N) is 2. The van der Waals surface area contributed by atoms with Gasteiger partial charge in [-0.2, -0.15) is 0 Å². The van der Waals surface area contributed by atoms with Crippen LogP contribution in [-0.2, 0) is 6.54 Å². The number of aromatic nitrogens is 1. The molecule has 0 radical (unpaired) electrons. The van der Waals surface area contributed by atoms with E-state index in [-0.39, 0.29) is 0 Å². The Labute approximate surface area is 144 Å². The van der Waals surface area contributed by atoms with Crippen LogP contribution in [0.25, 0.3) is 0 Å². The second-order valence-electron chi connectivity index (χ2n) is 5.69. The van der Waals surface area contributed by atoms with Crippen molar-refractivity contribution >= 4 is 11.8 Å². The van der Waals surface area contributed by atoms with E-state index in [1.807, 2.05) is 18.2 Å². The lowest BCUT2D eigenvalue weighted by Gasteiger charge is -2.12. The van der Waals surface area contributed by atoms with Crippen LogP contribution in [0.5, 0.6) is 0 Å². The summed E-state index contributed by atoms with van der Waals surface area (Å²) < 4.78 is 0. The fraction of sp³-hybridized carbons (Fsp3) is 0.368. The Kier molecular flexibility index (Phi) is 7.60. The van der Waals surface area contributed by atoms with Crippen LogP contribution in [0.2, 0.25) is 0 Å². The van der Waals surface area contributed by atoms with Gasteiger partial charge >= 0.3 is 0 Å². The first-order valence-electron chi connectivity index (χ1n) is 8.43. The Morgan fingerprint density at radius 2 is 1.92 bits per heavy atom. The number of anilines is 1. The van der Waals surface area contributed by atoms with E-state index in [1.165, 1.54) is 11.1 Å². The van der Waals surface area contributed by atoms with Gasteiger partial charge in [0.2, 0.25) is 0 Å². The first kappa shape index (κ1) is 17.8. The molecule has 0 spiro atoms. The fourth-order valence-corrected chi connectivity index (χ4v) is 2.37. The maximum atomic E-state index is 4.26. The molecule has 0 aliphatic heterocycles.